The standard InChI is InChI=1S/C23H21ClN2O2/c24-23-4-2-1-3-19(23)13-17-5-6-18-14-20(7-8-21(18)22(17)15-27)28-12-11-26-10-9-25-16-26/h1-4,7-10,13-16,22H,5-6,11-12H2/b17-13+. The normalized spacial score (nSPS) is 17.3. The van der Waals surface area contributed by atoms with Gasteiger partial charge in [0.1, 0.15) is 18.6 Å². The van der Waals surface area contributed by atoms with Crippen molar-refractivity contribution in [3.05, 3.63) is 88.5 Å². The Labute approximate surface area is 169 Å². The van der Waals surface area contributed by atoms with Crippen molar-refractivity contribution < 1.29 is 9.53 Å². The summed E-state index contributed by atoms with van der Waals surface area (Å²) in [6.45, 7) is 1.32. The van der Waals surface area contributed by atoms with Gasteiger partial charge in [-0.15, -0.1) is 0 Å². The number of halogens is 1. The lowest BCUT2D eigenvalue weighted by Gasteiger charge is -2.25. The molecule has 1 aliphatic carbocycles. The summed E-state index contributed by atoms with van der Waals surface area (Å²) in [6.07, 6.45) is 10.2. The zero-order valence-electron chi connectivity index (χ0n) is 15.4. The molecule has 3 aromatic rings. The van der Waals surface area contributed by atoms with E-state index in [1.54, 1.807) is 12.5 Å². The molecule has 0 bridgehead atoms. The molecule has 0 saturated heterocycles. The zero-order chi connectivity index (χ0) is 19.3. The molecule has 1 heterocycles. The van der Waals surface area contributed by atoms with Gasteiger partial charge < -0.3 is 14.1 Å². The largest absolute Gasteiger partial charge is 0.492 e. The predicted octanol–water partition coefficient (Wildman–Crippen LogP) is 4.93. The van der Waals surface area contributed by atoms with Crippen LogP contribution in [-0.2, 0) is 17.8 Å². The molecule has 1 aromatic heterocycles. The van der Waals surface area contributed by atoms with E-state index in [1.165, 1.54) is 5.56 Å². The number of carbonyl (C=O) groups excluding carboxylic acids is 1. The van der Waals surface area contributed by atoms with Crippen molar-refractivity contribution in [3.8, 4) is 5.75 Å². The number of benzene rings is 2. The lowest BCUT2D eigenvalue weighted by molar-refractivity contribution is -0.108. The predicted molar refractivity (Wildman–Crippen MR) is 111 cm³/mol. The second-order valence-corrected chi connectivity index (χ2v) is 7.27. The molecular weight excluding hydrogens is 372 g/mol. The van der Waals surface area contributed by atoms with E-state index < -0.39 is 0 Å². The Morgan fingerprint density at radius 1 is 1.21 bits per heavy atom. The Balaban J connectivity index is 1.51. The summed E-state index contributed by atoms with van der Waals surface area (Å²) in [7, 11) is 0. The van der Waals surface area contributed by atoms with Crippen molar-refractivity contribution in [2.45, 2.75) is 25.3 Å². The summed E-state index contributed by atoms with van der Waals surface area (Å²) in [4.78, 5) is 15.9. The van der Waals surface area contributed by atoms with Crippen LogP contribution in [0.2, 0.25) is 5.02 Å². The molecule has 142 valence electrons. The van der Waals surface area contributed by atoms with Gasteiger partial charge in [0, 0.05) is 17.4 Å². The number of rotatable bonds is 6. The van der Waals surface area contributed by atoms with Crippen LogP contribution in [0.25, 0.3) is 6.08 Å². The van der Waals surface area contributed by atoms with Crippen LogP contribution < -0.4 is 4.74 Å². The summed E-state index contributed by atoms with van der Waals surface area (Å²) in [5.41, 5.74) is 4.29. The van der Waals surface area contributed by atoms with Gasteiger partial charge >= 0.3 is 0 Å². The number of nitrogens with zero attached hydrogens (tertiary/aromatic N) is 2. The Morgan fingerprint density at radius 2 is 2.11 bits per heavy atom. The lowest BCUT2D eigenvalue weighted by atomic mass is 9.79. The van der Waals surface area contributed by atoms with E-state index in [-0.39, 0.29) is 5.92 Å². The summed E-state index contributed by atoms with van der Waals surface area (Å²) in [6, 6.07) is 13.7. The van der Waals surface area contributed by atoms with Crippen LogP contribution in [0.4, 0.5) is 0 Å². The van der Waals surface area contributed by atoms with E-state index >= 15 is 0 Å². The summed E-state index contributed by atoms with van der Waals surface area (Å²) in [5, 5.41) is 0.701. The SMILES string of the molecule is O=CC1/C(=C/c2ccccc2Cl)CCc2cc(OCCn3ccnc3)ccc21. The average Bonchev–Trinajstić information content (AvgIpc) is 3.23. The van der Waals surface area contributed by atoms with Crippen molar-refractivity contribution in [2.24, 2.45) is 0 Å². The Hall–Kier alpha value is -2.85. The molecule has 1 atom stereocenters. The van der Waals surface area contributed by atoms with E-state index in [0.717, 1.165) is 48.1 Å². The van der Waals surface area contributed by atoms with E-state index in [2.05, 4.69) is 17.1 Å². The first-order valence-corrected chi connectivity index (χ1v) is 9.74. The molecular formula is C23H21ClN2O2. The van der Waals surface area contributed by atoms with Gasteiger partial charge in [0.2, 0.25) is 0 Å². The number of ether oxygens (including phenoxy) is 1. The second-order valence-electron chi connectivity index (χ2n) is 6.86. The van der Waals surface area contributed by atoms with Crippen molar-refractivity contribution in [3.63, 3.8) is 0 Å². The highest BCUT2D eigenvalue weighted by atomic mass is 35.5. The van der Waals surface area contributed by atoms with Crippen LogP contribution in [0.1, 0.15) is 29.0 Å². The van der Waals surface area contributed by atoms with Crippen LogP contribution in [0.3, 0.4) is 0 Å². The molecule has 2 aromatic carbocycles. The van der Waals surface area contributed by atoms with Gasteiger partial charge in [0.05, 0.1) is 18.8 Å². The molecule has 1 aliphatic rings. The lowest BCUT2D eigenvalue weighted by Crippen LogP contribution is -2.14. The third-order valence-electron chi connectivity index (χ3n) is 5.09. The first kappa shape index (κ1) is 18.5. The van der Waals surface area contributed by atoms with Crippen molar-refractivity contribution in [1.82, 2.24) is 9.55 Å². The molecule has 0 saturated carbocycles. The first-order valence-electron chi connectivity index (χ1n) is 9.36. The maximum Gasteiger partial charge on any atom is 0.131 e. The van der Waals surface area contributed by atoms with E-state index in [1.807, 2.05) is 47.2 Å². The molecule has 5 heteroatoms. The zero-order valence-corrected chi connectivity index (χ0v) is 16.2. The Morgan fingerprint density at radius 3 is 2.89 bits per heavy atom. The fourth-order valence-corrected chi connectivity index (χ4v) is 3.82. The molecule has 0 spiro atoms. The molecule has 0 aliphatic heterocycles. The fourth-order valence-electron chi connectivity index (χ4n) is 3.63. The van der Waals surface area contributed by atoms with Gasteiger partial charge in [0.15, 0.2) is 0 Å². The molecule has 0 N–H and O–H groups in total. The quantitative estimate of drug-likeness (QED) is 0.559. The number of aldehydes is 1. The number of fused-ring (bicyclic) bond motifs is 1. The van der Waals surface area contributed by atoms with Gasteiger partial charge in [-0.2, -0.15) is 0 Å². The topological polar surface area (TPSA) is 44.1 Å². The average molecular weight is 393 g/mol. The molecule has 4 nitrogen and oxygen atoms in total. The van der Waals surface area contributed by atoms with E-state index in [0.29, 0.717) is 11.6 Å². The Kier molecular flexibility index (Phi) is 5.58. The number of hydrogen-bond acceptors (Lipinski definition) is 3. The van der Waals surface area contributed by atoms with Crippen LogP contribution in [0, 0.1) is 0 Å². The molecule has 0 radical (unpaired) electrons. The van der Waals surface area contributed by atoms with Crippen LogP contribution in [-0.4, -0.2) is 22.4 Å². The van der Waals surface area contributed by atoms with E-state index in [9.17, 15) is 4.79 Å². The maximum absolute atomic E-state index is 11.9. The number of imidazole rings is 1. The number of aryl methyl sites for hydroxylation is 1. The Bertz CT molecular complexity index is 996. The number of carbonyl (C=O) groups is 1. The highest BCUT2D eigenvalue weighted by molar-refractivity contribution is 6.32. The third-order valence-corrected chi connectivity index (χ3v) is 5.44. The number of hydrogen-bond donors (Lipinski definition) is 0. The minimum absolute atomic E-state index is 0.236. The highest BCUT2D eigenvalue weighted by Gasteiger charge is 2.24. The van der Waals surface area contributed by atoms with Gasteiger partial charge in [-0.1, -0.05) is 47.5 Å². The second kappa shape index (κ2) is 8.44. The fraction of sp³-hybridized carbons (Fsp3) is 0.217. The molecule has 0 amide bonds. The van der Waals surface area contributed by atoms with E-state index in [4.69, 9.17) is 16.3 Å². The summed E-state index contributed by atoms with van der Waals surface area (Å²) >= 11 is 6.29. The van der Waals surface area contributed by atoms with Crippen molar-refractivity contribution in [2.75, 3.05) is 6.61 Å². The monoisotopic (exact) mass is 392 g/mol. The maximum atomic E-state index is 11.9. The molecule has 0 fully saturated rings. The highest BCUT2D eigenvalue weighted by Crippen LogP contribution is 2.38. The van der Waals surface area contributed by atoms with Crippen molar-refractivity contribution >= 4 is 24.0 Å². The summed E-state index contributed by atoms with van der Waals surface area (Å²) in [5.74, 6) is 0.599. The smallest absolute Gasteiger partial charge is 0.131 e. The molecule has 28 heavy (non-hydrogen) atoms. The number of aromatic nitrogens is 2. The minimum atomic E-state index is -0.236. The van der Waals surface area contributed by atoms with Crippen molar-refractivity contribution in [1.29, 1.82) is 0 Å². The summed E-state index contributed by atoms with van der Waals surface area (Å²) < 4.78 is 7.86. The molecule has 1 unspecified atom stereocenters. The van der Waals surface area contributed by atoms with Crippen LogP contribution in [0.15, 0.2) is 66.8 Å². The van der Waals surface area contributed by atoms with Gasteiger partial charge in [-0.05, 0) is 47.7 Å². The third kappa shape index (κ3) is 4.02. The minimum Gasteiger partial charge on any atom is -0.492 e. The van der Waals surface area contributed by atoms with Gasteiger partial charge in [-0.3, -0.25) is 0 Å². The van der Waals surface area contributed by atoms with Crippen LogP contribution in [0.5, 0.6) is 5.75 Å². The molecule has 4 rings (SSSR count). The van der Waals surface area contributed by atoms with Gasteiger partial charge in [0.25, 0.3) is 0 Å². The first-order chi connectivity index (χ1) is 13.7. The number of allylic oxidation sites excluding steroid dienone is 1. The van der Waals surface area contributed by atoms with Gasteiger partial charge in [-0.25, -0.2) is 4.98 Å². The van der Waals surface area contributed by atoms with Crippen LogP contribution >= 0.6 is 11.6 Å².